The van der Waals surface area contributed by atoms with E-state index >= 15 is 0 Å². The number of pyridine rings is 1. The Kier molecular flexibility index (Phi) is 10.3. The number of carboxylic acid groups (broad SMARTS) is 1. The zero-order valence-corrected chi connectivity index (χ0v) is 26.6. The fourth-order valence-corrected chi connectivity index (χ4v) is 6.49. The molecule has 1 aliphatic carbocycles. The van der Waals surface area contributed by atoms with Crippen molar-refractivity contribution < 1.29 is 50.2 Å². The second-order valence-corrected chi connectivity index (χ2v) is 12.5. The fraction of sp³-hybridized carbons (Fsp3) is 0.485. The summed E-state index contributed by atoms with van der Waals surface area (Å²) in [6, 6.07) is 1.27. The third kappa shape index (κ3) is 8.39. The number of benzene rings is 1. The van der Waals surface area contributed by atoms with E-state index < -0.39 is 59.1 Å². The zero-order chi connectivity index (χ0) is 35.7. The average Bonchev–Trinajstić information content (AvgIpc) is 3.31. The van der Waals surface area contributed by atoms with E-state index in [2.05, 4.69) is 9.97 Å². The highest BCUT2D eigenvalue weighted by atomic mass is 19.4. The topological polar surface area (TPSA) is 109 Å². The first-order valence-corrected chi connectivity index (χ1v) is 15.7. The lowest BCUT2D eigenvalue weighted by molar-refractivity contribution is -0.143. The number of ether oxygens (including phenoxy) is 1. The van der Waals surface area contributed by atoms with Gasteiger partial charge in [-0.1, -0.05) is 0 Å². The maximum Gasteiger partial charge on any atom is 0.416 e. The molecule has 2 fully saturated rings. The molecule has 0 radical (unpaired) electrons. The van der Waals surface area contributed by atoms with Crippen LogP contribution in [0.2, 0.25) is 0 Å². The number of cyclic esters (lactones) is 1. The Balaban J connectivity index is 1.46. The number of alkyl halides is 6. The minimum Gasteiger partial charge on any atom is -0.481 e. The lowest BCUT2D eigenvalue weighted by Crippen LogP contribution is -2.36. The van der Waals surface area contributed by atoms with Crippen LogP contribution >= 0.6 is 0 Å². The van der Waals surface area contributed by atoms with Gasteiger partial charge in [0.15, 0.2) is 5.82 Å². The molecule has 1 unspecified atom stereocenters. The number of rotatable bonds is 10. The van der Waals surface area contributed by atoms with Gasteiger partial charge >= 0.3 is 24.4 Å². The number of carbonyl (C=O) groups excluding carboxylic acids is 1. The molecular weight excluding hydrogens is 663 g/mol. The highest BCUT2D eigenvalue weighted by Gasteiger charge is 2.44. The summed E-state index contributed by atoms with van der Waals surface area (Å²) in [7, 11) is 0. The second kappa shape index (κ2) is 14.2. The molecule has 49 heavy (non-hydrogen) atoms. The summed E-state index contributed by atoms with van der Waals surface area (Å²) in [5.74, 6) is -0.783. The molecule has 2 atom stereocenters. The van der Waals surface area contributed by atoms with Gasteiger partial charge in [-0.15, -0.1) is 0 Å². The highest BCUT2D eigenvalue weighted by molar-refractivity contribution is 5.71. The zero-order valence-electron chi connectivity index (χ0n) is 26.6. The normalized spacial score (nSPS) is 21.5. The van der Waals surface area contributed by atoms with Crippen LogP contribution < -0.4 is 4.90 Å². The lowest BCUT2D eigenvalue weighted by atomic mass is 9.80. The number of carboxylic acids is 1. The van der Waals surface area contributed by atoms with Crippen LogP contribution in [-0.4, -0.2) is 56.2 Å². The molecule has 2 aliphatic rings. The summed E-state index contributed by atoms with van der Waals surface area (Å²) < 4.78 is 101. The molecule has 1 amide bonds. The minimum absolute atomic E-state index is 0.00923. The molecule has 3 heterocycles. The number of anilines is 1. The fourth-order valence-electron chi connectivity index (χ4n) is 6.49. The Morgan fingerprint density at radius 1 is 0.980 bits per heavy atom. The first kappa shape index (κ1) is 35.8. The Bertz CT molecular complexity index is 1650. The van der Waals surface area contributed by atoms with Crippen LogP contribution in [0.15, 0.2) is 42.9 Å². The summed E-state index contributed by atoms with van der Waals surface area (Å²) >= 11 is 0. The number of hydrogen-bond donors (Lipinski definition) is 1. The summed E-state index contributed by atoms with van der Waals surface area (Å²) in [5, 5.41) is 9.16. The maximum atomic E-state index is 14.1. The van der Waals surface area contributed by atoms with Crippen molar-refractivity contribution in [1.29, 1.82) is 0 Å². The number of aromatic nitrogens is 3. The maximum absolute atomic E-state index is 14.1. The lowest BCUT2D eigenvalue weighted by Gasteiger charge is -2.33. The third-order valence-corrected chi connectivity index (χ3v) is 9.06. The third-order valence-electron chi connectivity index (χ3n) is 9.06. The number of halogens is 7. The van der Waals surface area contributed by atoms with Crippen LogP contribution in [0.5, 0.6) is 0 Å². The SMILES string of the molecule is CCN(C[C@H]1CC[C@H](CC(=O)O)CC1)c1ncc(-c2cncc(F)c2)nc1CN1C(=O)OC(c2cc(C(F)(F)F)cc(C(F)(F)F)c2)[C@@H]1C. The van der Waals surface area contributed by atoms with E-state index in [4.69, 9.17) is 14.8 Å². The largest absolute Gasteiger partial charge is 0.481 e. The van der Waals surface area contributed by atoms with Gasteiger partial charge in [-0.2, -0.15) is 26.3 Å². The first-order chi connectivity index (χ1) is 23.0. The number of amides is 1. The monoisotopic (exact) mass is 697 g/mol. The van der Waals surface area contributed by atoms with Crippen molar-refractivity contribution in [2.24, 2.45) is 11.8 Å². The minimum atomic E-state index is -5.09. The van der Waals surface area contributed by atoms with Crippen LogP contribution in [0.25, 0.3) is 11.3 Å². The van der Waals surface area contributed by atoms with E-state index in [9.17, 15) is 40.3 Å². The number of aliphatic carboxylic acids is 1. The van der Waals surface area contributed by atoms with Crippen molar-refractivity contribution >= 4 is 17.9 Å². The molecule has 9 nitrogen and oxygen atoms in total. The summed E-state index contributed by atoms with van der Waals surface area (Å²) in [6.07, 6.45) is -5.61. The van der Waals surface area contributed by atoms with E-state index in [0.29, 0.717) is 36.6 Å². The van der Waals surface area contributed by atoms with E-state index in [1.165, 1.54) is 25.4 Å². The van der Waals surface area contributed by atoms with Crippen LogP contribution in [0.4, 0.5) is 41.3 Å². The predicted molar refractivity (Wildman–Crippen MR) is 161 cm³/mol. The van der Waals surface area contributed by atoms with Crippen LogP contribution in [0.1, 0.15) is 74.4 Å². The van der Waals surface area contributed by atoms with Crippen LogP contribution in [0, 0.1) is 17.7 Å². The quantitative estimate of drug-likeness (QED) is 0.213. The second-order valence-electron chi connectivity index (χ2n) is 12.5. The van der Waals surface area contributed by atoms with Gasteiger partial charge in [0, 0.05) is 31.3 Å². The standard InChI is InChI=1S/C33H34F7N5O4/c1-3-44(16-20-6-4-19(5-7-20)8-28(46)47)30-27(43-26(15-42-30)22-11-25(34)14-41-13-22)17-45-18(2)29(49-31(45)48)21-9-23(32(35,36)37)12-24(10-21)33(38,39)40/h9-15,18-20,29H,3-8,16-17H2,1-2H3,(H,46,47)/t18-,19-,20-,29?/m0/s1. The molecule has 1 aliphatic heterocycles. The van der Waals surface area contributed by atoms with Crippen molar-refractivity contribution in [3.8, 4) is 11.3 Å². The van der Waals surface area contributed by atoms with Crippen molar-refractivity contribution in [1.82, 2.24) is 19.9 Å². The number of hydrogen-bond acceptors (Lipinski definition) is 7. The van der Waals surface area contributed by atoms with Gasteiger partial charge in [0.1, 0.15) is 17.6 Å². The van der Waals surface area contributed by atoms with Gasteiger partial charge in [-0.25, -0.2) is 19.2 Å². The average molecular weight is 698 g/mol. The van der Waals surface area contributed by atoms with Crippen molar-refractivity contribution in [2.75, 3.05) is 18.0 Å². The molecule has 3 aromatic rings. The first-order valence-electron chi connectivity index (χ1n) is 15.7. The molecule has 1 saturated heterocycles. The van der Waals surface area contributed by atoms with Gasteiger partial charge < -0.3 is 14.7 Å². The van der Waals surface area contributed by atoms with Crippen molar-refractivity contribution in [2.45, 2.75) is 77.0 Å². The molecule has 2 aromatic heterocycles. The summed E-state index contributed by atoms with van der Waals surface area (Å²) in [6.45, 7) is 4.06. The Morgan fingerprint density at radius 3 is 2.18 bits per heavy atom. The molecule has 1 saturated carbocycles. The summed E-state index contributed by atoms with van der Waals surface area (Å²) in [5.41, 5.74) is -2.77. The van der Waals surface area contributed by atoms with Crippen LogP contribution in [-0.2, 0) is 28.4 Å². The Hall–Kier alpha value is -4.50. The van der Waals surface area contributed by atoms with Crippen molar-refractivity contribution in [3.63, 3.8) is 0 Å². The molecule has 16 heteroatoms. The molecule has 1 aromatic carbocycles. The molecule has 0 bridgehead atoms. The van der Waals surface area contributed by atoms with E-state index in [1.807, 2.05) is 11.8 Å². The van der Waals surface area contributed by atoms with Gasteiger partial charge in [-0.3, -0.25) is 14.7 Å². The summed E-state index contributed by atoms with van der Waals surface area (Å²) in [4.78, 5) is 40.6. The molecular formula is C33H34F7N5O4. The molecule has 0 spiro atoms. The Morgan fingerprint density at radius 2 is 1.61 bits per heavy atom. The predicted octanol–water partition coefficient (Wildman–Crippen LogP) is 7.90. The van der Waals surface area contributed by atoms with E-state index in [0.717, 1.165) is 36.8 Å². The number of nitrogens with zero attached hydrogens (tertiary/aromatic N) is 5. The molecule has 5 rings (SSSR count). The Labute approximate surface area is 277 Å². The van der Waals surface area contributed by atoms with Gasteiger partial charge in [0.05, 0.1) is 41.8 Å². The van der Waals surface area contributed by atoms with Crippen molar-refractivity contribution in [3.05, 3.63) is 71.1 Å². The van der Waals surface area contributed by atoms with Gasteiger partial charge in [-0.05, 0) is 81.2 Å². The highest BCUT2D eigenvalue weighted by Crippen LogP contribution is 2.41. The molecule has 1 N–H and O–H groups in total. The molecule has 264 valence electrons. The van der Waals surface area contributed by atoms with E-state index in [1.54, 1.807) is 0 Å². The van der Waals surface area contributed by atoms with Gasteiger partial charge in [0.25, 0.3) is 0 Å². The number of carbonyl (C=O) groups is 2. The van der Waals surface area contributed by atoms with Crippen LogP contribution in [0.3, 0.4) is 0 Å². The van der Waals surface area contributed by atoms with Gasteiger partial charge in [0.2, 0.25) is 0 Å². The van der Waals surface area contributed by atoms with E-state index in [-0.39, 0.29) is 42.3 Å². The smallest absolute Gasteiger partial charge is 0.416 e.